The van der Waals surface area contributed by atoms with Crippen LogP contribution in [0.5, 0.6) is 0 Å². The Morgan fingerprint density at radius 3 is 2.89 bits per heavy atom. The molecule has 6 nitrogen and oxygen atoms in total. The van der Waals surface area contributed by atoms with Crippen LogP contribution in [0.25, 0.3) is 0 Å². The standard InChI is InChI=1S/C11H15N3O3S/c1-3-4-9(10(15)16)14-11(17)13-6-8-5-12-7(2)18-8/h3,5,9H,1,4,6H2,2H3,(H,15,16)(H2,13,14,17). The summed E-state index contributed by atoms with van der Waals surface area (Å²) in [5.74, 6) is -1.08. The summed E-state index contributed by atoms with van der Waals surface area (Å²) in [5, 5.41) is 14.7. The van der Waals surface area contributed by atoms with Crippen LogP contribution in [-0.2, 0) is 11.3 Å². The number of aliphatic carboxylic acids is 1. The first-order chi connectivity index (χ1) is 8.52. The fourth-order valence-electron chi connectivity index (χ4n) is 1.25. The molecule has 2 amide bonds. The van der Waals surface area contributed by atoms with E-state index in [-0.39, 0.29) is 6.42 Å². The molecule has 0 aliphatic rings. The molecule has 0 bridgehead atoms. The summed E-state index contributed by atoms with van der Waals surface area (Å²) in [6.07, 6.45) is 3.31. The summed E-state index contributed by atoms with van der Waals surface area (Å²) in [6.45, 7) is 5.65. The predicted molar refractivity (Wildman–Crippen MR) is 68.5 cm³/mol. The second-order valence-electron chi connectivity index (χ2n) is 3.59. The Morgan fingerprint density at radius 2 is 2.39 bits per heavy atom. The summed E-state index contributed by atoms with van der Waals surface area (Å²) in [4.78, 5) is 27.2. The topological polar surface area (TPSA) is 91.3 Å². The molecule has 0 aliphatic carbocycles. The van der Waals surface area contributed by atoms with Crippen LogP contribution in [-0.4, -0.2) is 28.1 Å². The number of nitrogens with one attached hydrogen (secondary N) is 2. The van der Waals surface area contributed by atoms with Gasteiger partial charge in [-0.1, -0.05) is 6.08 Å². The molecule has 0 aliphatic heterocycles. The van der Waals surface area contributed by atoms with Crippen molar-refractivity contribution in [2.24, 2.45) is 0 Å². The van der Waals surface area contributed by atoms with Crippen LogP contribution in [0.4, 0.5) is 4.79 Å². The SMILES string of the molecule is C=CCC(NC(=O)NCc1cnc(C)s1)C(=O)O. The first kappa shape index (κ1) is 14.2. The molecule has 0 fully saturated rings. The molecule has 7 heteroatoms. The van der Waals surface area contributed by atoms with E-state index >= 15 is 0 Å². The lowest BCUT2D eigenvalue weighted by molar-refractivity contribution is -0.139. The van der Waals surface area contributed by atoms with Gasteiger partial charge in [0.25, 0.3) is 0 Å². The van der Waals surface area contributed by atoms with E-state index in [9.17, 15) is 9.59 Å². The van der Waals surface area contributed by atoms with Gasteiger partial charge in [0.2, 0.25) is 0 Å². The normalized spacial score (nSPS) is 11.6. The van der Waals surface area contributed by atoms with E-state index in [0.29, 0.717) is 6.54 Å². The number of carbonyl (C=O) groups is 2. The fourth-order valence-corrected chi connectivity index (χ4v) is 1.99. The molecule has 0 radical (unpaired) electrons. The van der Waals surface area contributed by atoms with Crippen molar-refractivity contribution in [3.63, 3.8) is 0 Å². The maximum atomic E-state index is 11.5. The van der Waals surface area contributed by atoms with Crippen molar-refractivity contribution in [1.82, 2.24) is 15.6 Å². The lowest BCUT2D eigenvalue weighted by Gasteiger charge is -2.12. The minimum atomic E-state index is -1.08. The van der Waals surface area contributed by atoms with Gasteiger partial charge in [-0.05, 0) is 13.3 Å². The van der Waals surface area contributed by atoms with Crippen LogP contribution in [0.15, 0.2) is 18.9 Å². The molecule has 98 valence electrons. The van der Waals surface area contributed by atoms with Crippen LogP contribution in [0.2, 0.25) is 0 Å². The molecule has 1 unspecified atom stereocenters. The van der Waals surface area contributed by atoms with Gasteiger partial charge in [0.15, 0.2) is 0 Å². The summed E-state index contributed by atoms with van der Waals surface area (Å²) < 4.78 is 0. The minimum Gasteiger partial charge on any atom is -0.480 e. The summed E-state index contributed by atoms with van der Waals surface area (Å²) in [5.41, 5.74) is 0. The number of rotatable bonds is 6. The van der Waals surface area contributed by atoms with Gasteiger partial charge in [-0.2, -0.15) is 0 Å². The lowest BCUT2D eigenvalue weighted by Crippen LogP contribution is -2.45. The largest absolute Gasteiger partial charge is 0.480 e. The quantitative estimate of drug-likeness (QED) is 0.678. The lowest BCUT2D eigenvalue weighted by atomic mass is 10.2. The number of urea groups is 1. The molecule has 1 heterocycles. The van der Waals surface area contributed by atoms with Crippen molar-refractivity contribution in [3.8, 4) is 0 Å². The van der Waals surface area contributed by atoms with Crippen LogP contribution < -0.4 is 10.6 Å². The highest BCUT2D eigenvalue weighted by atomic mass is 32.1. The zero-order valence-electron chi connectivity index (χ0n) is 9.97. The van der Waals surface area contributed by atoms with E-state index in [1.54, 1.807) is 6.20 Å². The minimum absolute atomic E-state index is 0.183. The van der Waals surface area contributed by atoms with E-state index in [2.05, 4.69) is 22.2 Å². The van der Waals surface area contributed by atoms with Crippen molar-refractivity contribution >= 4 is 23.3 Å². The van der Waals surface area contributed by atoms with E-state index < -0.39 is 18.0 Å². The number of carboxylic acid groups (broad SMARTS) is 1. The second-order valence-corrected chi connectivity index (χ2v) is 4.91. The second kappa shape index (κ2) is 6.75. The number of hydrogen-bond acceptors (Lipinski definition) is 4. The Bertz CT molecular complexity index is 444. The number of hydrogen-bond donors (Lipinski definition) is 3. The Balaban J connectivity index is 2.40. The molecule has 0 saturated heterocycles. The molecule has 0 aromatic carbocycles. The molecule has 18 heavy (non-hydrogen) atoms. The predicted octanol–water partition coefficient (Wildman–Crippen LogP) is 1.28. The average Bonchev–Trinajstić information content (AvgIpc) is 2.72. The summed E-state index contributed by atoms with van der Waals surface area (Å²) in [7, 11) is 0. The zero-order valence-corrected chi connectivity index (χ0v) is 10.8. The van der Waals surface area contributed by atoms with Gasteiger partial charge < -0.3 is 15.7 Å². The molecule has 1 atom stereocenters. The average molecular weight is 269 g/mol. The smallest absolute Gasteiger partial charge is 0.326 e. The van der Waals surface area contributed by atoms with Crippen LogP contribution in [0.3, 0.4) is 0 Å². The number of nitrogens with zero attached hydrogens (tertiary/aromatic N) is 1. The van der Waals surface area contributed by atoms with E-state index in [1.807, 2.05) is 6.92 Å². The van der Waals surface area contributed by atoms with Crippen molar-refractivity contribution in [2.75, 3.05) is 0 Å². The first-order valence-electron chi connectivity index (χ1n) is 5.32. The number of amides is 2. The molecule has 1 aromatic heterocycles. The van der Waals surface area contributed by atoms with Crippen molar-refractivity contribution in [1.29, 1.82) is 0 Å². The highest BCUT2D eigenvalue weighted by Gasteiger charge is 2.17. The van der Waals surface area contributed by atoms with Gasteiger partial charge in [-0.25, -0.2) is 14.6 Å². The Labute approximate surface area is 109 Å². The zero-order chi connectivity index (χ0) is 13.5. The summed E-state index contributed by atoms with van der Waals surface area (Å²) in [6, 6.07) is -1.47. The third-order valence-electron chi connectivity index (χ3n) is 2.10. The number of carbonyl (C=O) groups excluding carboxylic acids is 1. The molecule has 0 spiro atoms. The molecule has 1 aromatic rings. The Morgan fingerprint density at radius 1 is 1.67 bits per heavy atom. The van der Waals surface area contributed by atoms with Crippen LogP contribution in [0, 0.1) is 6.92 Å². The number of thiazole rings is 1. The number of carboxylic acids is 1. The fraction of sp³-hybridized carbons (Fsp3) is 0.364. The maximum absolute atomic E-state index is 11.5. The molecular weight excluding hydrogens is 254 g/mol. The van der Waals surface area contributed by atoms with Crippen molar-refractivity contribution < 1.29 is 14.7 Å². The maximum Gasteiger partial charge on any atom is 0.326 e. The molecule has 3 N–H and O–H groups in total. The van der Waals surface area contributed by atoms with Gasteiger partial charge in [0.05, 0.1) is 11.6 Å². The van der Waals surface area contributed by atoms with E-state index in [4.69, 9.17) is 5.11 Å². The van der Waals surface area contributed by atoms with E-state index in [0.717, 1.165) is 9.88 Å². The highest BCUT2D eigenvalue weighted by Crippen LogP contribution is 2.10. The van der Waals surface area contributed by atoms with Gasteiger partial charge in [-0.15, -0.1) is 17.9 Å². The third-order valence-corrected chi connectivity index (χ3v) is 3.01. The van der Waals surface area contributed by atoms with Gasteiger partial charge in [0.1, 0.15) is 6.04 Å². The highest BCUT2D eigenvalue weighted by molar-refractivity contribution is 7.11. The third kappa shape index (κ3) is 4.54. The monoisotopic (exact) mass is 269 g/mol. The van der Waals surface area contributed by atoms with Crippen LogP contribution in [0.1, 0.15) is 16.3 Å². The number of aryl methyl sites for hydroxylation is 1. The van der Waals surface area contributed by atoms with Crippen molar-refractivity contribution in [2.45, 2.75) is 25.9 Å². The first-order valence-corrected chi connectivity index (χ1v) is 6.14. The van der Waals surface area contributed by atoms with Crippen LogP contribution >= 0.6 is 11.3 Å². The Hall–Kier alpha value is -1.89. The Kier molecular flexibility index (Phi) is 5.31. The molecule has 1 rings (SSSR count). The summed E-state index contributed by atoms with van der Waals surface area (Å²) >= 11 is 1.48. The van der Waals surface area contributed by atoms with Gasteiger partial charge in [-0.3, -0.25) is 0 Å². The van der Waals surface area contributed by atoms with Gasteiger partial charge in [0, 0.05) is 11.1 Å². The van der Waals surface area contributed by atoms with E-state index in [1.165, 1.54) is 17.4 Å². The van der Waals surface area contributed by atoms with Crippen molar-refractivity contribution in [3.05, 3.63) is 28.7 Å². The van der Waals surface area contributed by atoms with Gasteiger partial charge >= 0.3 is 12.0 Å². The molecule has 0 saturated carbocycles. The molecular formula is C11H15N3O3S. The number of aromatic nitrogens is 1.